The maximum atomic E-state index is 13.6. The fourth-order valence-corrected chi connectivity index (χ4v) is 4.68. The number of carbonyl (C=O) groups excluding carboxylic acids is 2. The van der Waals surface area contributed by atoms with Gasteiger partial charge in [-0.3, -0.25) is 9.59 Å². The van der Waals surface area contributed by atoms with E-state index in [-0.39, 0.29) is 34.6 Å². The number of hydrogen-bond donors (Lipinski definition) is 1. The zero-order valence-electron chi connectivity index (χ0n) is 17.7. The first-order chi connectivity index (χ1) is 15.3. The molecule has 168 valence electrons. The minimum absolute atomic E-state index is 0.0976. The van der Waals surface area contributed by atoms with Gasteiger partial charge in [0.2, 0.25) is 0 Å². The third kappa shape index (κ3) is 3.98. The average Bonchev–Trinajstić information content (AvgIpc) is 3.36. The Balaban J connectivity index is 1.89. The van der Waals surface area contributed by atoms with E-state index in [1.54, 1.807) is 19.1 Å². The smallest absolute Gasteiger partial charge is 0.295 e. The van der Waals surface area contributed by atoms with Crippen LogP contribution >= 0.6 is 11.6 Å². The second kappa shape index (κ2) is 8.92. The molecular formula is C24H23ClFNO5. The van der Waals surface area contributed by atoms with Crippen LogP contribution < -0.4 is 4.74 Å². The lowest BCUT2D eigenvalue weighted by atomic mass is 9.94. The molecule has 6 nitrogen and oxygen atoms in total. The Morgan fingerprint density at radius 2 is 2.00 bits per heavy atom. The van der Waals surface area contributed by atoms with Gasteiger partial charge >= 0.3 is 0 Å². The Morgan fingerprint density at radius 3 is 2.62 bits per heavy atom. The number of benzene rings is 2. The highest BCUT2D eigenvalue weighted by molar-refractivity contribution is 6.46. The van der Waals surface area contributed by atoms with Crippen molar-refractivity contribution in [2.45, 2.75) is 31.9 Å². The normalized spacial score (nSPS) is 22.6. The first-order valence-electron chi connectivity index (χ1n) is 10.3. The van der Waals surface area contributed by atoms with Crippen LogP contribution in [0.3, 0.4) is 0 Å². The lowest BCUT2D eigenvalue weighted by molar-refractivity contribution is -0.140. The quantitative estimate of drug-likeness (QED) is 0.407. The molecule has 8 heteroatoms. The molecule has 1 amide bonds. The van der Waals surface area contributed by atoms with Crippen molar-refractivity contribution >= 4 is 29.1 Å². The largest absolute Gasteiger partial charge is 0.507 e. The van der Waals surface area contributed by atoms with Crippen LogP contribution in [0.4, 0.5) is 4.39 Å². The molecule has 2 heterocycles. The summed E-state index contributed by atoms with van der Waals surface area (Å²) in [6.45, 7) is 2.57. The summed E-state index contributed by atoms with van der Waals surface area (Å²) in [7, 11) is 1.40. The molecule has 0 aromatic heterocycles. The first-order valence-corrected chi connectivity index (χ1v) is 10.7. The van der Waals surface area contributed by atoms with Crippen molar-refractivity contribution in [2.75, 3.05) is 20.3 Å². The lowest BCUT2D eigenvalue weighted by Crippen LogP contribution is -2.36. The Hall–Kier alpha value is -2.90. The molecule has 0 saturated carbocycles. The van der Waals surface area contributed by atoms with Gasteiger partial charge in [-0.1, -0.05) is 23.7 Å². The summed E-state index contributed by atoms with van der Waals surface area (Å²) in [5.41, 5.74) is 1.35. The molecule has 2 unspecified atom stereocenters. The first kappa shape index (κ1) is 22.3. The van der Waals surface area contributed by atoms with Gasteiger partial charge in [0.25, 0.3) is 11.7 Å². The van der Waals surface area contributed by atoms with E-state index in [9.17, 15) is 19.1 Å². The predicted molar refractivity (Wildman–Crippen MR) is 117 cm³/mol. The van der Waals surface area contributed by atoms with Gasteiger partial charge in [-0.25, -0.2) is 4.39 Å². The third-order valence-corrected chi connectivity index (χ3v) is 6.08. The van der Waals surface area contributed by atoms with Crippen molar-refractivity contribution < 1.29 is 28.6 Å². The van der Waals surface area contributed by atoms with Crippen molar-refractivity contribution in [3.8, 4) is 5.75 Å². The van der Waals surface area contributed by atoms with E-state index in [0.29, 0.717) is 12.2 Å². The molecule has 32 heavy (non-hydrogen) atoms. The van der Waals surface area contributed by atoms with Gasteiger partial charge in [0, 0.05) is 13.2 Å². The van der Waals surface area contributed by atoms with Gasteiger partial charge in [-0.05, 0) is 55.2 Å². The number of hydrogen-bond acceptors (Lipinski definition) is 5. The van der Waals surface area contributed by atoms with Gasteiger partial charge < -0.3 is 19.5 Å². The molecule has 4 rings (SSSR count). The number of aliphatic hydroxyl groups is 1. The monoisotopic (exact) mass is 459 g/mol. The highest BCUT2D eigenvalue weighted by Crippen LogP contribution is 2.43. The summed E-state index contributed by atoms with van der Waals surface area (Å²) in [4.78, 5) is 27.5. The summed E-state index contributed by atoms with van der Waals surface area (Å²) in [6, 6.07) is 7.92. The van der Waals surface area contributed by atoms with Crippen LogP contribution in [-0.4, -0.2) is 48.1 Å². The van der Waals surface area contributed by atoms with E-state index in [0.717, 1.165) is 18.4 Å². The van der Waals surface area contributed by atoms with Gasteiger partial charge in [0.15, 0.2) is 0 Å². The molecule has 0 aliphatic carbocycles. The highest BCUT2D eigenvalue weighted by Gasteiger charge is 2.47. The summed E-state index contributed by atoms with van der Waals surface area (Å²) < 4.78 is 24.6. The minimum Gasteiger partial charge on any atom is -0.507 e. The van der Waals surface area contributed by atoms with Crippen LogP contribution in [-0.2, 0) is 14.3 Å². The number of Topliss-reactive ketones (excluding diaryl/α,β-unsaturated/α-hetero) is 1. The number of methoxy groups -OCH3 is 1. The highest BCUT2D eigenvalue weighted by atomic mass is 35.5. The van der Waals surface area contributed by atoms with Gasteiger partial charge in [0.05, 0.1) is 35.4 Å². The summed E-state index contributed by atoms with van der Waals surface area (Å²) >= 11 is 6.28. The molecule has 2 atom stereocenters. The minimum atomic E-state index is -0.899. The number of amides is 1. The molecule has 2 aliphatic rings. The zero-order valence-corrected chi connectivity index (χ0v) is 18.5. The molecule has 2 aliphatic heterocycles. The Bertz CT molecular complexity index is 1090. The number of ketones is 1. The predicted octanol–water partition coefficient (Wildman–Crippen LogP) is 4.40. The molecule has 2 saturated heterocycles. The lowest BCUT2D eigenvalue weighted by Gasteiger charge is -2.27. The van der Waals surface area contributed by atoms with E-state index in [2.05, 4.69) is 0 Å². The zero-order chi connectivity index (χ0) is 23.0. The van der Waals surface area contributed by atoms with Crippen LogP contribution in [0.25, 0.3) is 5.76 Å². The maximum absolute atomic E-state index is 13.6. The molecule has 0 spiro atoms. The summed E-state index contributed by atoms with van der Waals surface area (Å²) in [5.74, 6) is -2.21. The van der Waals surface area contributed by atoms with E-state index in [1.165, 1.54) is 36.3 Å². The second-order valence-electron chi connectivity index (χ2n) is 7.97. The van der Waals surface area contributed by atoms with Crippen LogP contribution in [0, 0.1) is 12.7 Å². The molecule has 2 fully saturated rings. The Kier molecular flexibility index (Phi) is 6.22. The summed E-state index contributed by atoms with van der Waals surface area (Å²) in [6.07, 6.45) is 1.43. The van der Waals surface area contributed by atoms with E-state index < -0.39 is 29.3 Å². The van der Waals surface area contributed by atoms with Crippen LogP contribution in [0.5, 0.6) is 5.75 Å². The fourth-order valence-electron chi connectivity index (χ4n) is 4.33. The fraction of sp³-hybridized carbons (Fsp3) is 0.333. The van der Waals surface area contributed by atoms with Crippen LogP contribution in [0.15, 0.2) is 42.0 Å². The number of carbonyl (C=O) groups is 2. The number of halogens is 2. The number of aryl methyl sites for hydroxylation is 1. The average molecular weight is 460 g/mol. The Morgan fingerprint density at radius 1 is 1.28 bits per heavy atom. The molecule has 0 bridgehead atoms. The second-order valence-corrected chi connectivity index (χ2v) is 8.37. The van der Waals surface area contributed by atoms with Crippen LogP contribution in [0.2, 0.25) is 5.02 Å². The van der Waals surface area contributed by atoms with Crippen molar-refractivity contribution in [1.29, 1.82) is 0 Å². The number of nitrogens with zero attached hydrogens (tertiary/aromatic N) is 1. The van der Waals surface area contributed by atoms with Crippen molar-refractivity contribution in [2.24, 2.45) is 0 Å². The Labute approximate surface area is 190 Å². The number of rotatable bonds is 5. The van der Waals surface area contributed by atoms with Crippen molar-refractivity contribution in [1.82, 2.24) is 4.90 Å². The SMILES string of the molecule is COc1c(Cl)cc(C)cc1/C(O)=C1\C(=O)C(=O)N(CC2CCCO2)C1c1ccc(F)cc1. The topological polar surface area (TPSA) is 76.1 Å². The van der Waals surface area contributed by atoms with Crippen molar-refractivity contribution in [3.05, 3.63) is 69.5 Å². The molecule has 2 aromatic carbocycles. The van der Waals surface area contributed by atoms with Crippen LogP contribution in [0.1, 0.15) is 35.6 Å². The van der Waals surface area contributed by atoms with Gasteiger partial charge in [-0.2, -0.15) is 0 Å². The van der Waals surface area contributed by atoms with Crippen molar-refractivity contribution in [3.63, 3.8) is 0 Å². The number of aliphatic hydroxyl groups excluding tert-OH is 1. The molecule has 0 radical (unpaired) electrons. The number of likely N-dealkylation sites (tertiary alicyclic amines) is 1. The summed E-state index contributed by atoms with van der Waals surface area (Å²) in [5, 5.41) is 11.5. The number of ether oxygens (including phenoxy) is 2. The van der Waals surface area contributed by atoms with E-state index >= 15 is 0 Å². The van der Waals surface area contributed by atoms with Gasteiger partial charge in [-0.15, -0.1) is 0 Å². The third-order valence-electron chi connectivity index (χ3n) is 5.80. The maximum Gasteiger partial charge on any atom is 0.295 e. The molecule has 1 N–H and O–H groups in total. The van der Waals surface area contributed by atoms with E-state index in [4.69, 9.17) is 21.1 Å². The van der Waals surface area contributed by atoms with E-state index in [1.807, 2.05) is 0 Å². The van der Waals surface area contributed by atoms with Gasteiger partial charge in [0.1, 0.15) is 17.3 Å². The standard InChI is InChI=1S/C24H23ClFNO5/c1-13-10-17(23(31-2)18(25)11-13)21(28)19-20(14-5-7-15(26)8-6-14)27(24(30)22(19)29)12-16-4-3-9-32-16/h5-8,10-11,16,20,28H,3-4,9,12H2,1-2H3/b21-19+. The molecule has 2 aromatic rings. The molecular weight excluding hydrogens is 437 g/mol.